The largest absolute Gasteiger partial charge is 0.464 e. The maximum absolute atomic E-state index is 6.46. The smallest absolute Gasteiger partial charge is 0.214 e. The maximum atomic E-state index is 6.46. The molecule has 3 aromatic carbocycles. The molecular formula is C24H22N2O. The summed E-state index contributed by atoms with van der Waals surface area (Å²) in [6.07, 6.45) is 0.693. The molecule has 0 bridgehead atoms. The predicted molar refractivity (Wildman–Crippen MR) is 108 cm³/mol. The van der Waals surface area contributed by atoms with Crippen molar-refractivity contribution in [2.24, 2.45) is 5.10 Å². The van der Waals surface area contributed by atoms with Gasteiger partial charge in [0.1, 0.15) is 5.75 Å². The summed E-state index contributed by atoms with van der Waals surface area (Å²) in [4.78, 5) is 0. The van der Waals surface area contributed by atoms with Gasteiger partial charge in [0.05, 0.1) is 11.8 Å². The minimum absolute atomic E-state index is 0.202. The molecule has 2 aliphatic rings. The fraction of sp³-hybridized carbons (Fsp3) is 0.208. The Morgan fingerprint density at radius 2 is 1.67 bits per heavy atom. The molecule has 0 aromatic heterocycles. The average molecular weight is 354 g/mol. The fourth-order valence-electron chi connectivity index (χ4n) is 4.15. The van der Waals surface area contributed by atoms with Crippen LogP contribution in [-0.2, 0) is 0 Å². The van der Waals surface area contributed by atoms with E-state index in [1.54, 1.807) is 0 Å². The second-order valence-electron chi connectivity index (χ2n) is 7.38. The highest BCUT2D eigenvalue weighted by atomic mass is 16.5. The van der Waals surface area contributed by atoms with Gasteiger partial charge in [0.2, 0.25) is 6.23 Å². The van der Waals surface area contributed by atoms with E-state index >= 15 is 0 Å². The molecule has 3 nitrogen and oxygen atoms in total. The highest BCUT2D eigenvalue weighted by Crippen LogP contribution is 2.47. The van der Waals surface area contributed by atoms with E-state index < -0.39 is 0 Å². The summed E-state index contributed by atoms with van der Waals surface area (Å²) in [6, 6.07) is 25.6. The molecule has 2 heterocycles. The van der Waals surface area contributed by atoms with Gasteiger partial charge in [-0.2, -0.15) is 5.10 Å². The molecule has 2 unspecified atom stereocenters. The Kier molecular flexibility index (Phi) is 3.75. The van der Waals surface area contributed by atoms with E-state index in [0.29, 0.717) is 0 Å². The van der Waals surface area contributed by atoms with Crippen LogP contribution in [0.5, 0.6) is 5.75 Å². The van der Waals surface area contributed by atoms with Crippen LogP contribution >= 0.6 is 0 Å². The van der Waals surface area contributed by atoms with Gasteiger partial charge in [-0.25, -0.2) is 5.01 Å². The van der Waals surface area contributed by atoms with Crippen LogP contribution in [-0.4, -0.2) is 10.7 Å². The monoisotopic (exact) mass is 354 g/mol. The molecule has 0 spiro atoms. The van der Waals surface area contributed by atoms with Crippen LogP contribution in [0.4, 0.5) is 0 Å². The predicted octanol–water partition coefficient (Wildman–Crippen LogP) is 5.55. The lowest BCUT2D eigenvalue weighted by atomic mass is 9.95. The van der Waals surface area contributed by atoms with E-state index in [1.165, 1.54) is 27.8 Å². The molecule has 0 N–H and O–H groups in total. The number of hydrogen-bond donors (Lipinski definition) is 0. The van der Waals surface area contributed by atoms with Crippen molar-refractivity contribution in [2.45, 2.75) is 32.5 Å². The molecule has 3 aromatic rings. The maximum Gasteiger partial charge on any atom is 0.214 e. The van der Waals surface area contributed by atoms with Gasteiger partial charge in [-0.1, -0.05) is 72.3 Å². The zero-order valence-electron chi connectivity index (χ0n) is 15.6. The Morgan fingerprint density at radius 3 is 2.48 bits per heavy atom. The van der Waals surface area contributed by atoms with Crippen molar-refractivity contribution in [3.8, 4) is 5.75 Å². The molecule has 2 atom stereocenters. The number of fused-ring (bicyclic) bond motifs is 3. The number of aryl methyl sites for hydroxylation is 2. The first-order chi connectivity index (χ1) is 13.2. The highest BCUT2D eigenvalue weighted by molar-refractivity contribution is 6.01. The normalized spacial score (nSPS) is 20.5. The number of nitrogens with zero attached hydrogens (tertiary/aromatic N) is 2. The Labute approximate surface area is 159 Å². The van der Waals surface area contributed by atoms with Crippen LogP contribution in [0.3, 0.4) is 0 Å². The van der Waals surface area contributed by atoms with E-state index in [1.807, 2.05) is 12.1 Å². The van der Waals surface area contributed by atoms with Gasteiger partial charge < -0.3 is 4.74 Å². The van der Waals surface area contributed by atoms with Crippen molar-refractivity contribution >= 4 is 5.71 Å². The highest BCUT2D eigenvalue weighted by Gasteiger charge is 2.41. The van der Waals surface area contributed by atoms with Gasteiger partial charge in [0, 0.05) is 17.5 Å². The molecule has 0 aliphatic carbocycles. The van der Waals surface area contributed by atoms with Crippen LogP contribution in [0.2, 0.25) is 0 Å². The van der Waals surface area contributed by atoms with E-state index in [9.17, 15) is 0 Å². The molecule has 27 heavy (non-hydrogen) atoms. The van der Waals surface area contributed by atoms with E-state index in [2.05, 4.69) is 79.5 Å². The summed E-state index contributed by atoms with van der Waals surface area (Å²) in [7, 11) is 0. The van der Waals surface area contributed by atoms with Crippen molar-refractivity contribution in [3.05, 3.63) is 101 Å². The molecule has 5 rings (SSSR count). The summed E-state index contributed by atoms with van der Waals surface area (Å²) in [5, 5.41) is 7.18. The van der Waals surface area contributed by atoms with Gasteiger partial charge in [0.15, 0.2) is 0 Å². The Morgan fingerprint density at radius 1 is 0.889 bits per heavy atom. The molecule has 0 amide bonds. The van der Waals surface area contributed by atoms with Crippen molar-refractivity contribution in [2.75, 3.05) is 0 Å². The van der Waals surface area contributed by atoms with E-state index in [-0.39, 0.29) is 12.3 Å². The Hall–Kier alpha value is -3.07. The zero-order chi connectivity index (χ0) is 18.4. The van der Waals surface area contributed by atoms with Crippen LogP contribution in [0.15, 0.2) is 77.9 Å². The minimum atomic E-state index is -0.202. The Balaban J connectivity index is 1.62. The van der Waals surface area contributed by atoms with Crippen LogP contribution in [0.1, 0.15) is 46.5 Å². The lowest BCUT2D eigenvalue weighted by Crippen LogP contribution is -2.34. The molecule has 3 heteroatoms. The van der Waals surface area contributed by atoms with Crippen LogP contribution < -0.4 is 4.74 Å². The third-order valence-corrected chi connectivity index (χ3v) is 5.50. The topological polar surface area (TPSA) is 24.8 Å². The summed E-state index contributed by atoms with van der Waals surface area (Å²) in [5.74, 6) is 0.966. The third kappa shape index (κ3) is 2.71. The first-order valence-corrected chi connectivity index (χ1v) is 9.45. The van der Waals surface area contributed by atoms with E-state index in [0.717, 1.165) is 17.9 Å². The van der Waals surface area contributed by atoms with Gasteiger partial charge >= 0.3 is 0 Å². The van der Waals surface area contributed by atoms with Crippen molar-refractivity contribution < 1.29 is 4.74 Å². The second kappa shape index (κ2) is 6.27. The summed E-state index contributed by atoms with van der Waals surface area (Å²) in [6.45, 7) is 4.28. The number of ether oxygens (including phenoxy) is 1. The van der Waals surface area contributed by atoms with Gasteiger partial charge in [-0.15, -0.1) is 0 Å². The van der Waals surface area contributed by atoms with Crippen molar-refractivity contribution in [1.29, 1.82) is 0 Å². The van der Waals surface area contributed by atoms with Crippen LogP contribution in [0.25, 0.3) is 0 Å². The molecule has 0 saturated carbocycles. The minimum Gasteiger partial charge on any atom is -0.464 e. The summed E-state index contributed by atoms with van der Waals surface area (Å²) in [5.41, 5.74) is 7.20. The molecule has 2 aliphatic heterocycles. The first-order valence-electron chi connectivity index (χ1n) is 9.45. The number of benzene rings is 3. The quantitative estimate of drug-likeness (QED) is 0.603. The third-order valence-electron chi connectivity index (χ3n) is 5.50. The lowest BCUT2D eigenvalue weighted by molar-refractivity contribution is -0.0194. The summed E-state index contributed by atoms with van der Waals surface area (Å²) < 4.78 is 6.46. The fourth-order valence-corrected chi connectivity index (χ4v) is 4.15. The lowest BCUT2D eigenvalue weighted by Gasteiger charge is -2.38. The number of rotatable bonds is 2. The van der Waals surface area contributed by atoms with Crippen LogP contribution in [0, 0.1) is 13.8 Å². The van der Waals surface area contributed by atoms with Gasteiger partial charge in [0.25, 0.3) is 0 Å². The standard InChI is InChI=1S/C24H22N2O/c1-16-12-13-19(17(2)14-16)24-26-22(20-10-6-7-11-23(20)27-24)15-21(25-26)18-8-4-3-5-9-18/h3-14,22,24H,15H2,1-2H3. The Bertz CT molecular complexity index is 1030. The van der Waals surface area contributed by atoms with Crippen molar-refractivity contribution in [1.82, 2.24) is 5.01 Å². The molecule has 0 radical (unpaired) electrons. The van der Waals surface area contributed by atoms with Gasteiger partial charge in [-0.05, 0) is 31.0 Å². The molecule has 0 saturated heterocycles. The second-order valence-corrected chi connectivity index (χ2v) is 7.38. The SMILES string of the molecule is Cc1ccc(C2Oc3ccccc3C3CC(c4ccccc4)=NN32)c(C)c1. The average Bonchev–Trinajstić information content (AvgIpc) is 3.14. The first kappa shape index (κ1) is 16.1. The molecular weight excluding hydrogens is 332 g/mol. The number of hydrogen-bond acceptors (Lipinski definition) is 3. The number of para-hydroxylation sites is 1. The summed E-state index contributed by atoms with van der Waals surface area (Å²) >= 11 is 0. The van der Waals surface area contributed by atoms with Crippen molar-refractivity contribution in [3.63, 3.8) is 0 Å². The zero-order valence-corrected chi connectivity index (χ0v) is 15.6. The van der Waals surface area contributed by atoms with E-state index in [4.69, 9.17) is 9.84 Å². The number of hydrazone groups is 1. The van der Waals surface area contributed by atoms with Gasteiger partial charge in [-0.3, -0.25) is 0 Å². The molecule has 134 valence electrons. The molecule has 0 fully saturated rings.